The molecule has 0 aliphatic rings. The number of para-hydroxylation sites is 1. The van der Waals surface area contributed by atoms with Crippen LogP contribution in [0, 0.1) is 20.8 Å². The summed E-state index contributed by atoms with van der Waals surface area (Å²) in [5.41, 5.74) is 8.59. The predicted octanol–water partition coefficient (Wildman–Crippen LogP) is 6.11. The Morgan fingerprint density at radius 1 is 0.971 bits per heavy atom. The van der Waals surface area contributed by atoms with Gasteiger partial charge in [-0.3, -0.25) is 14.3 Å². The number of carbonyl (C=O) groups excluding carboxylic acids is 1. The summed E-state index contributed by atoms with van der Waals surface area (Å²) in [4.78, 5) is 17.2. The van der Waals surface area contributed by atoms with Crippen LogP contribution in [0.1, 0.15) is 41.7 Å². The van der Waals surface area contributed by atoms with Crippen molar-refractivity contribution in [2.45, 2.75) is 52.6 Å². The summed E-state index contributed by atoms with van der Waals surface area (Å²) in [7, 11) is 0. The van der Waals surface area contributed by atoms with E-state index in [1.165, 1.54) is 28.5 Å². The molecule has 2 aromatic carbocycles. The summed E-state index contributed by atoms with van der Waals surface area (Å²) in [5, 5.41) is 12.8. The molecule has 0 atom stereocenters. The van der Waals surface area contributed by atoms with Crippen LogP contribution in [0.3, 0.4) is 0 Å². The molecule has 4 rings (SSSR count). The Hall–Kier alpha value is -3.45. The maximum atomic E-state index is 12.9. The van der Waals surface area contributed by atoms with Crippen LogP contribution in [0.4, 0.5) is 5.69 Å². The minimum absolute atomic E-state index is 0.0676. The van der Waals surface area contributed by atoms with Crippen molar-refractivity contribution in [3.63, 3.8) is 0 Å². The minimum atomic E-state index is -0.0676. The molecule has 1 N–H and O–H groups in total. The Balaban J connectivity index is 1.69. The lowest BCUT2D eigenvalue weighted by Gasteiger charge is -2.18. The van der Waals surface area contributed by atoms with Crippen molar-refractivity contribution < 1.29 is 4.79 Å². The molecule has 2 heterocycles. The molecule has 0 unspecified atom stereocenters. The Kier molecular flexibility index (Phi) is 7.66. The highest BCUT2D eigenvalue weighted by Crippen LogP contribution is 2.32. The molecule has 0 radical (unpaired) electrons. The van der Waals surface area contributed by atoms with Gasteiger partial charge in [0.15, 0.2) is 11.0 Å². The number of thioether (sulfide) groups is 1. The number of hydrogen-bond donors (Lipinski definition) is 1. The van der Waals surface area contributed by atoms with Crippen molar-refractivity contribution in [1.82, 2.24) is 19.7 Å². The summed E-state index contributed by atoms with van der Waals surface area (Å²) in [5.74, 6) is 0.886. The van der Waals surface area contributed by atoms with E-state index in [2.05, 4.69) is 76.2 Å². The number of pyridine rings is 1. The van der Waals surface area contributed by atoms with E-state index in [1.807, 2.05) is 26.0 Å². The van der Waals surface area contributed by atoms with Crippen LogP contribution in [-0.2, 0) is 17.6 Å². The zero-order valence-electron chi connectivity index (χ0n) is 20.9. The lowest BCUT2D eigenvalue weighted by molar-refractivity contribution is -0.113. The molecule has 0 bridgehead atoms. The summed E-state index contributed by atoms with van der Waals surface area (Å²) < 4.78 is 2.09. The molecule has 0 spiro atoms. The van der Waals surface area contributed by atoms with Gasteiger partial charge >= 0.3 is 0 Å². The van der Waals surface area contributed by atoms with E-state index in [0.717, 1.165) is 46.7 Å². The molecule has 0 saturated heterocycles. The van der Waals surface area contributed by atoms with Crippen LogP contribution < -0.4 is 5.32 Å². The second-order valence-electron chi connectivity index (χ2n) is 8.63. The molecule has 0 saturated carbocycles. The summed E-state index contributed by atoms with van der Waals surface area (Å²) >= 11 is 1.39. The number of aryl methyl sites for hydroxylation is 5. The SMILES string of the molecule is CCc1cccc(CC)c1-n1c(SCC(=O)Nc2c(C)cc(C)cc2C)nnc1-c1cccnc1. The first-order valence-electron chi connectivity index (χ1n) is 11.9. The lowest BCUT2D eigenvalue weighted by atomic mass is 10.0. The quantitative estimate of drug-likeness (QED) is 0.305. The number of anilines is 1. The van der Waals surface area contributed by atoms with Gasteiger partial charge in [0, 0.05) is 23.6 Å². The monoisotopic (exact) mass is 485 g/mol. The molecule has 6 nitrogen and oxygen atoms in total. The van der Waals surface area contributed by atoms with Crippen LogP contribution in [-0.4, -0.2) is 31.4 Å². The van der Waals surface area contributed by atoms with Gasteiger partial charge in [-0.1, -0.05) is 61.5 Å². The zero-order valence-corrected chi connectivity index (χ0v) is 21.7. The van der Waals surface area contributed by atoms with Gasteiger partial charge in [0.1, 0.15) is 0 Å². The van der Waals surface area contributed by atoms with Gasteiger partial charge in [-0.05, 0) is 68.0 Å². The van der Waals surface area contributed by atoms with E-state index in [9.17, 15) is 4.79 Å². The molecule has 2 aromatic heterocycles. The van der Waals surface area contributed by atoms with Gasteiger partial charge in [-0.2, -0.15) is 0 Å². The second-order valence-corrected chi connectivity index (χ2v) is 9.57. The normalized spacial score (nSPS) is 11.0. The second kappa shape index (κ2) is 10.9. The largest absolute Gasteiger partial charge is 0.325 e. The Morgan fingerprint density at radius 3 is 2.26 bits per heavy atom. The van der Waals surface area contributed by atoms with Gasteiger partial charge in [0.05, 0.1) is 11.4 Å². The van der Waals surface area contributed by atoms with Crippen molar-refractivity contribution in [2.24, 2.45) is 0 Å². The highest BCUT2D eigenvalue weighted by atomic mass is 32.2. The number of benzene rings is 2. The molecule has 35 heavy (non-hydrogen) atoms. The molecule has 1 amide bonds. The van der Waals surface area contributed by atoms with E-state index in [0.29, 0.717) is 5.16 Å². The van der Waals surface area contributed by atoms with E-state index >= 15 is 0 Å². The number of rotatable bonds is 8. The molecule has 0 aliphatic heterocycles. The maximum absolute atomic E-state index is 12.9. The zero-order chi connectivity index (χ0) is 24.9. The summed E-state index contributed by atoms with van der Waals surface area (Å²) in [6.45, 7) is 10.4. The third kappa shape index (κ3) is 5.30. The lowest BCUT2D eigenvalue weighted by Crippen LogP contribution is -2.16. The van der Waals surface area contributed by atoms with Gasteiger partial charge in [0.25, 0.3) is 0 Å². The first-order chi connectivity index (χ1) is 16.9. The van der Waals surface area contributed by atoms with Crippen LogP contribution in [0.5, 0.6) is 0 Å². The van der Waals surface area contributed by atoms with Crippen LogP contribution >= 0.6 is 11.8 Å². The van der Waals surface area contributed by atoms with E-state index in [-0.39, 0.29) is 11.7 Å². The van der Waals surface area contributed by atoms with E-state index in [4.69, 9.17) is 0 Å². The van der Waals surface area contributed by atoms with Crippen molar-refractivity contribution in [1.29, 1.82) is 0 Å². The first-order valence-corrected chi connectivity index (χ1v) is 12.9. The highest BCUT2D eigenvalue weighted by molar-refractivity contribution is 7.99. The average molecular weight is 486 g/mol. The van der Waals surface area contributed by atoms with Gasteiger partial charge in [-0.25, -0.2) is 0 Å². The smallest absolute Gasteiger partial charge is 0.234 e. The number of aromatic nitrogens is 4. The number of hydrogen-bond acceptors (Lipinski definition) is 5. The Bertz CT molecular complexity index is 1300. The van der Waals surface area contributed by atoms with Crippen LogP contribution in [0.25, 0.3) is 17.1 Å². The summed E-state index contributed by atoms with van der Waals surface area (Å²) in [6, 6.07) is 14.4. The Labute approximate surface area is 211 Å². The molecule has 0 fully saturated rings. The van der Waals surface area contributed by atoms with Crippen molar-refractivity contribution in [3.05, 3.63) is 82.7 Å². The van der Waals surface area contributed by atoms with Crippen LogP contribution in [0.15, 0.2) is 60.0 Å². The highest BCUT2D eigenvalue weighted by Gasteiger charge is 2.21. The number of nitrogens with one attached hydrogen (secondary N) is 1. The van der Waals surface area contributed by atoms with Crippen LogP contribution in [0.2, 0.25) is 0 Å². The average Bonchev–Trinajstić information content (AvgIpc) is 3.28. The van der Waals surface area contributed by atoms with Gasteiger partial charge in [-0.15, -0.1) is 10.2 Å². The fourth-order valence-electron chi connectivity index (χ4n) is 4.43. The molecule has 180 valence electrons. The van der Waals surface area contributed by atoms with Crippen molar-refractivity contribution in [2.75, 3.05) is 11.1 Å². The number of nitrogens with zero attached hydrogens (tertiary/aromatic N) is 4. The molecule has 0 aliphatic carbocycles. The minimum Gasteiger partial charge on any atom is -0.325 e. The van der Waals surface area contributed by atoms with E-state index in [1.54, 1.807) is 12.4 Å². The molecule has 4 aromatic rings. The maximum Gasteiger partial charge on any atom is 0.234 e. The number of amides is 1. The molecule has 7 heteroatoms. The topological polar surface area (TPSA) is 72.7 Å². The molecular weight excluding hydrogens is 454 g/mol. The third-order valence-corrected chi connectivity index (χ3v) is 6.94. The fourth-order valence-corrected chi connectivity index (χ4v) is 5.17. The summed E-state index contributed by atoms with van der Waals surface area (Å²) in [6.07, 6.45) is 5.30. The Morgan fingerprint density at radius 2 is 1.66 bits per heavy atom. The third-order valence-electron chi connectivity index (χ3n) is 6.02. The predicted molar refractivity (Wildman–Crippen MR) is 143 cm³/mol. The van der Waals surface area contributed by atoms with Gasteiger partial charge < -0.3 is 5.32 Å². The first kappa shape index (κ1) is 24.7. The van der Waals surface area contributed by atoms with Gasteiger partial charge in [0.2, 0.25) is 5.91 Å². The molecular formula is C28H31N5OS. The van der Waals surface area contributed by atoms with Crippen molar-refractivity contribution >= 4 is 23.4 Å². The van der Waals surface area contributed by atoms with Crippen molar-refractivity contribution in [3.8, 4) is 17.1 Å². The number of carbonyl (C=O) groups is 1. The van der Waals surface area contributed by atoms with E-state index < -0.39 is 0 Å². The standard InChI is InChI=1S/C28H31N5OS/c1-6-21-10-8-11-22(7-2)26(21)33-27(23-12-9-13-29-16-23)31-32-28(33)35-17-24(34)30-25-19(4)14-18(3)15-20(25)5/h8-16H,6-7,17H2,1-5H3,(H,30,34). The fraction of sp³-hybridized carbons (Fsp3) is 0.286.